The first-order chi connectivity index (χ1) is 13.5. The fraction of sp³-hybridized carbons (Fsp3) is 0.318. The van der Waals surface area contributed by atoms with Gasteiger partial charge in [0, 0.05) is 54.4 Å². The third-order valence-corrected chi connectivity index (χ3v) is 5.61. The molecule has 28 heavy (non-hydrogen) atoms. The quantitative estimate of drug-likeness (QED) is 0.720. The number of furan rings is 1. The van der Waals surface area contributed by atoms with Crippen LogP contribution in [0.25, 0.3) is 11.0 Å². The molecule has 1 saturated heterocycles. The molecule has 6 heteroatoms. The molecule has 0 aliphatic carbocycles. The number of aryl methyl sites for hydroxylation is 1. The number of likely N-dealkylation sites (N-methyl/N-ethyl adjacent to an activating group) is 1. The van der Waals surface area contributed by atoms with Crippen molar-refractivity contribution in [2.24, 2.45) is 0 Å². The number of fused-ring (bicyclic) bond motifs is 1. The number of nitrogens with one attached hydrogen (secondary N) is 1. The van der Waals surface area contributed by atoms with Gasteiger partial charge >= 0.3 is 0 Å². The molecular formula is C22H24ClN3O2. The van der Waals surface area contributed by atoms with Crippen LogP contribution in [-0.4, -0.2) is 44.0 Å². The van der Waals surface area contributed by atoms with Crippen LogP contribution in [0.2, 0.25) is 5.02 Å². The number of hydrogen-bond donors (Lipinski definition) is 1. The molecule has 1 N–H and O–H groups in total. The van der Waals surface area contributed by atoms with E-state index in [1.807, 2.05) is 25.1 Å². The number of nitrogens with zero attached hydrogens (tertiary/aromatic N) is 2. The largest absolute Gasteiger partial charge is 0.451 e. The Hall–Kier alpha value is -2.50. The molecule has 5 nitrogen and oxygen atoms in total. The fourth-order valence-corrected chi connectivity index (χ4v) is 3.85. The van der Waals surface area contributed by atoms with E-state index in [-0.39, 0.29) is 5.91 Å². The number of anilines is 1. The first kappa shape index (κ1) is 18.8. The number of para-hydroxylation sites is 1. The van der Waals surface area contributed by atoms with Gasteiger partial charge in [0.05, 0.1) is 0 Å². The molecule has 146 valence electrons. The highest BCUT2D eigenvalue weighted by Gasteiger charge is 2.20. The van der Waals surface area contributed by atoms with E-state index in [1.165, 1.54) is 5.69 Å². The van der Waals surface area contributed by atoms with Gasteiger partial charge < -0.3 is 19.5 Å². The predicted molar refractivity (Wildman–Crippen MR) is 113 cm³/mol. The summed E-state index contributed by atoms with van der Waals surface area (Å²) in [7, 11) is 2.15. The number of halogens is 1. The number of benzene rings is 2. The van der Waals surface area contributed by atoms with E-state index in [2.05, 4.69) is 34.3 Å². The van der Waals surface area contributed by atoms with Crippen molar-refractivity contribution in [2.75, 3.05) is 38.1 Å². The first-order valence-electron chi connectivity index (χ1n) is 9.51. The summed E-state index contributed by atoms with van der Waals surface area (Å²) < 4.78 is 5.78. The van der Waals surface area contributed by atoms with Crippen LogP contribution in [0.3, 0.4) is 0 Å². The molecule has 2 heterocycles. The zero-order chi connectivity index (χ0) is 19.7. The SMILES string of the molecule is Cc1c(C(=O)NCc2ccccc2N2CCN(C)CC2)oc2ccc(Cl)cc12. The Morgan fingerprint density at radius 3 is 2.68 bits per heavy atom. The van der Waals surface area contributed by atoms with Crippen molar-refractivity contribution in [1.82, 2.24) is 10.2 Å². The van der Waals surface area contributed by atoms with Gasteiger partial charge in [-0.2, -0.15) is 0 Å². The molecule has 0 radical (unpaired) electrons. The highest BCUT2D eigenvalue weighted by atomic mass is 35.5. The maximum absolute atomic E-state index is 12.8. The lowest BCUT2D eigenvalue weighted by Gasteiger charge is -2.35. The second-order valence-corrected chi connectivity index (χ2v) is 7.73. The molecular weight excluding hydrogens is 374 g/mol. The predicted octanol–water partition coefficient (Wildman–Crippen LogP) is 4.08. The minimum atomic E-state index is -0.210. The lowest BCUT2D eigenvalue weighted by atomic mass is 10.1. The number of hydrogen-bond acceptors (Lipinski definition) is 4. The van der Waals surface area contributed by atoms with Crippen molar-refractivity contribution in [3.63, 3.8) is 0 Å². The van der Waals surface area contributed by atoms with E-state index in [1.54, 1.807) is 12.1 Å². The Balaban J connectivity index is 1.51. The Bertz CT molecular complexity index is 1010. The molecule has 0 unspecified atom stereocenters. The summed E-state index contributed by atoms with van der Waals surface area (Å²) in [6, 6.07) is 13.6. The third-order valence-electron chi connectivity index (χ3n) is 5.38. The fourth-order valence-electron chi connectivity index (χ4n) is 3.68. The van der Waals surface area contributed by atoms with Crippen molar-refractivity contribution >= 4 is 34.2 Å². The summed E-state index contributed by atoms with van der Waals surface area (Å²) in [6.45, 7) is 6.41. The van der Waals surface area contributed by atoms with Gasteiger partial charge in [0.15, 0.2) is 5.76 Å². The molecule has 2 aromatic carbocycles. The van der Waals surface area contributed by atoms with Crippen molar-refractivity contribution in [3.05, 3.63) is 64.4 Å². The molecule has 1 aromatic heterocycles. The van der Waals surface area contributed by atoms with E-state index in [0.717, 1.165) is 42.7 Å². The Labute approximate surface area is 169 Å². The van der Waals surface area contributed by atoms with Gasteiger partial charge in [0.25, 0.3) is 5.91 Å². The number of rotatable bonds is 4. The average molecular weight is 398 g/mol. The minimum absolute atomic E-state index is 0.210. The van der Waals surface area contributed by atoms with E-state index >= 15 is 0 Å². The number of piperazine rings is 1. The van der Waals surface area contributed by atoms with Crippen molar-refractivity contribution < 1.29 is 9.21 Å². The molecule has 0 saturated carbocycles. The van der Waals surface area contributed by atoms with Crippen molar-refractivity contribution in [2.45, 2.75) is 13.5 Å². The van der Waals surface area contributed by atoms with Gasteiger partial charge in [-0.25, -0.2) is 0 Å². The monoisotopic (exact) mass is 397 g/mol. The van der Waals surface area contributed by atoms with Gasteiger partial charge in [-0.3, -0.25) is 4.79 Å². The average Bonchev–Trinajstić information content (AvgIpc) is 3.03. The van der Waals surface area contributed by atoms with Crippen LogP contribution in [0.1, 0.15) is 21.7 Å². The standard InChI is InChI=1S/C22H24ClN3O2/c1-15-18-13-17(23)7-8-20(18)28-21(15)22(27)24-14-16-5-3-4-6-19(16)26-11-9-25(2)10-12-26/h3-8,13H,9-12,14H2,1-2H3,(H,24,27). The Morgan fingerprint density at radius 1 is 1.14 bits per heavy atom. The number of carbonyl (C=O) groups is 1. The van der Waals surface area contributed by atoms with E-state index in [9.17, 15) is 4.79 Å². The van der Waals surface area contributed by atoms with Crippen molar-refractivity contribution in [3.8, 4) is 0 Å². The molecule has 3 aromatic rings. The first-order valence-corrected chi connectivity index (χ1v) is 9.89. The normalized spacial score (nSPS) is 15.2. The highest BCUT2D eigenvalue weighted by molar-refractivity contribution is 6.31. The molecule has 4 rings (SSSR count). The van der Waals surface area contributed by atoms with Crippen LogP contribution in [-0.2, 0) is 6.54 Å². The lowest BCUT2D eigenvalue weighted by molar-refractivity contribution is 0.0924. The Kier molecular flexibility index (Phi) is 5.29. The van der Waals surface area contributed by atoms with Crippen LogP contribution >= 0.6 is 11.6 Å². The number of amides is 1. The van der Waals surface area contributed by atoms with Crippen LogP contribution in [0.15, 0.2) is 46.9 Å². The molecule has 1 amide bonds. The van der Waals surface area contributed by atoms with Crippen LogP contribution in [0, 0.1) is 6.92 Å². The summed E-state index contributed by atoms with van der Waals surface area (Å²) in [5, 5.41) is 4.52. The molecule has 1 aliphatic rings. The minimum Gasteiger partial charge on any atom is -0.451 e. The molecule has 1 aliphatic heterocycles. The van der Waals surface area contributed by atoms with Gasteiger partial charge in [0.1, 0.15) is 5.58 Å². The Morgan fingerprint density at radius 2 is 1.89 bits per heavy atom. The second kappa shape index (κ2) is 7.86. The second-order valence-electron chi connectivity index (χ2n) is 7.30. The summed E-state index contributed by atoms with van der Waals surface area (Å²) in [5.74, 6) is 0.132. The van der Waals surface area contributed by atoms with Gasteiger partial charge in [-0.1, -0.05) is 29.8 Å². The maximum Gasteiger partial charge on any atom is 0.287 e. The van der Waals surface area contributed by atoms with Crippen LogP contribution < -0.4 is 10.2 Å². The van der Waals surface area contributed by atoms with Crippen molar-refractivity contribution in [1.29, 1.82) is 0 Å². The number of carbonyl (C=O) groups excluding carboxylic acids is 1. The molecule has 0 bridgehead atoms. The van der Waals surface area contributed by atoms with E-state index < -0.39 is 0 Å². The zero-order valence-electron chi connectivity index (χ0n) is 16.2. The topological polar surface area (TPSA) is 48.7 Å². The van der Waals surface area contributed by atoms with Gasteiger partial charge in [-0.15, -0.1) is 0 Å². The molecule has 1 fully saturated rings. The third kappa shape index (κ3) is 3.73. The highest BCUT2D eigenvalue weighted by Crippen LogP contribution is 2.28. The van der Waals surface area contributed by atoms with Crippen LogP contribution in [0.4, 0.5) is 5.69 Å². The zero-order valence-corrected chi connectivity index (χ0v) is 16.9. The summed E-state index contributed by atoms with van der Waals surface area (Å²) in [4.78, 5) is 17.5. The summed E-state index contributed by atoms with van der Waals surface area (Å²) >= 11 is 6.07. The summed E-state index contributed by atoms with van der Waals surface area (Å²) in [6.07, 6.45) is 0. The van der Waals surface area contributed by atoms with Gasteiger partial charge in [0.2, 0.25) is 0 Å². The smallest absolute Gasteiger partial charge is 0.287 e. The summed E-state index contributed by atoms with van der Waals surface area (Å²) in [5.41, 5.74) is 3.77. The van der Waals surface area contributed by atoms with Crippen LogP contribution in [0.5, 0.6) is 0 Å². The lowest BCUT2D eigenvalue weighted by Crippen LogP contribution is -2.45. The van der Waals surface area contributed by atoms with Gasteiger partial charge in [-0.05, 0) is 43.8 Å². The van der Waals surface area contributed by atoms with E-state index in [4.69, 9.17) is 16.0 Å². The van der Waals surface area contributed by atoms with E-state index in [0.29, 0.717) is 22.9 Å². The molecule has 0 spiro atoms. The maximum atomic E-state index is 12.8. The molecule has 0 atom stereocenters.